The maximum atomic E-state index is 5.61. The quantitative estimate of drug-likeness (QED) is 0.864. The van der Waals surface area contributed by atoms with E-state index in [1.807, 2.05) is 19.9 Å². The Morgan fingerprint density at radius 1 is 1.24 bits per heavy atom. The molecule has 1 aromatic rings. The molecule has 1 fully saturated rings. The van der Waals surface area contributed by atoms with Crippen LogP contribution in [-0.2, 0) is 0 Å². The van der Waals surface area contributed by atoms with E-state index in [2.05, 4.69) is 14.9 Å². The van der Waals surface area contributed by atoms with Gasteiger partial charge in [0.15, 0.2) is 0 Å². The Morgan fingerprint density at radius 2 is 1.82 bits per heavy atom. The van der Waals surface area contributed by atoms with Crippen LogP contribution in [0.15, 0.2) is 6.07 Å². The number of rotatable bonds is 3. The molecule has 1 aliphatic rings. The van der Waals surface area contributed by atoms with Gasteiger partial charge in [-0.05, 0) is 51.6 Å². The fraction of sp³-hybridized carbons (Fsp3) is 0.692. The first kappa shape index (κ1) is 12.3. The number of aryl methyl sites for hydroxylation is 2. The van der Waals surface area contributed by atoms with Gasteiger partial charge in [-0.3, -0.25) is 0 Å². The zero-order valence-electron chi connectivity index (χ0n) is 10.8. The van der Waals surface area contributed by atoms with Crippen LogP contribution in [0.5, 0.6) is 0 Å². The zero-order valence-corrected chi connectivity index (χ0v) is 10.8. The Balaban J connectivity index is 2.00. The van der Waals surface area contributed by atoms with E-state index in [-0.39, 0.29) is 0 Å². The van der Waals surface area contributed by atoms with E-state index >= 15 is 0 Å². The third-order valence-electron chi connectivity index (χ3n) is 3.44. The van der Waals surface area contributed by atoms with E-state index in [0.717, 1.165) is 49.3 Å². The minimum absolute atomic E-state index is 0.794. The summed E-state index contributed by atoms with van der Waals surface area (Å²) in [6, 6.07) is 2.02. The van der Waals surface area contributed by atoms with Crippen molar-refractivity contribution in [2.45, 2.75) is 33.1 Å². The number of anilines is 1. The van der Waals surface area contributed by atoms with Crippen molar-refractivity contribution in [3.63, 3.8) is 0 Å². The number of piperidine rings is 1. The summed E-state index contributed by atoms with van der Waals surface area (Å²) in [7, 11) is 0. The number of hydrogen-bond acceptors (Lipinski definition) is 4. The van der Waals surface area contributed by atoms with Gasteiger partial charge < -0.3 is 10.6 Å². The number of nitrogens with two attached hydrogens (primary N) is 1. The smallest absolute Gasteiger partial charge is 0.225 e. The molecule has 0 spiro atoms. The van der Waals surface area contributed by atoms with Gasteiger partial charge in [0.05, 0.1) is 0 Å². The van der Waals surface area contributed by atoms with Crippen LogP contribution in [0.25, 0.3) is 0 Å². The van der Waals surface area contributed by atoms with Crippen LogP contribution >= 0.6 is 0 Å². The summed E-state index contributed by atoms with van der Waals surface area (Å²) in [6.07, 6.45) is 3.59. The Hall–Kier alpha value is -1.16. The number of nitrogens with zero attached hydrogens (tertiary/aromatic N) is 3. The first-order valence-electron chi connectivity index (χ1n) is 6.46. The van der Waals surface area contributed by atoms with Gasteiger partial charge in [-0.25, -0.2) is 9.97 Å². The molecule has 1 aromatic heterocycles. The Morgan fingerprint density at radius 3 is 2.35 bits per heavy atom. The lowest BCUT2D eigenvalue weighted by atomic mass is 9.94. The molecule has 17 heavy (non-hydrogen) atoms. The molecule has 0 radical (unpaired) electrons. The average molecular weight is 234 g/mol. The third-order valence-corrected chi connectivity index (χ3v) is 3.44. The predicted octanol–water partition coefficient (Wildman–Crippen LogP) is 1.66. The summed E-state index contributed by atoms with van der Waals surface area (Å²) in [6.45, 7) is 6.99. The van der Waals surface area contributed by atoms with Crippen LogP contribution in [0.1, 0.15) is 30.7 Å². The van der Waals surface area contributed by atoms with Crippen LogP contribution in [0.3, 0.4) is 0 Å². The van der Waals surface area contributed by atoms with Gasteiger partial charge in [-0.1, -0.05) is 0 Å². The van der Waals surface area contributed by atoms with E-state index in [1.54, 1.807) is 0 Å². The fourth-order valence-electron chi connectivity index (χ4n) is 2.51. The van der Waals surface area contributed by atoms with Crippen LogP contribution in [0.2, 0.25) is 0 Å². The third kappa shape index (κ3) is 3.16. The van der Waals surface area contributed by atoms with Gasteiger partial charge in [0, 0.05) is 24.5 Å². The van der Waals surface area contributed by atoms with Crippen molar-refractivity contribution in [2.75, 3.05) is 24.5 Å². The van der Waals surface area contributed by atoms with Crippen molar-refractivity contribution in [2.24, 2.45) is 11.7 Å². The number of aromatic nitrogens is 2. The number of hydrogen-bond donors (Lipinski definition) is 1. The topological polar surface area (TPSA) is 55.0 Å². The monoisotopic (exact) mass is 234 g/mol. The molecule has 2 N–H and O–H groups in total. The first-order valence-corrected chi connectivity index (χ1v) is 6.46. The molecule has 0 bridgehead atoms. The molecule has 0 atom stereocenters. The van der Waals surface area contributed by atoms with E-state index < -0.39 is 0 Å². The lowest BCUT2D eigenvalue weighted by Gasteiger charge is -2.32. The van der Waals surface area contributed by atoms with Crippen molar-refractivity contribution < 1.29 is 0 Å². The molecule has 1 saturated heterocycles. The highest BCUT2D eigenvalue weighted by molar-refractivity contribution is 5.32. The maximum Gasteiger partial charge on any atom is 0.225 e. The van der Waals surface area contributed by atoms with Crippen LogP contribution in [0.4, 0.5) is 5.95 Å². The van der Waals surface area contributed by atoms with E-state index in [0.29, 0.717) is 0 Å². The molecule has 0 saturated carbocycles. The van der Waals surface area contributed by atoms with E-state index in [9.17, 15) is 0 Å². The summed E-state index contributed by atoms with van der Waals surface area (Å²) in [5.41, 5.74) is 7.71. The Bertz CT molecular complexity index is 349. The highest BCUT2D eigenvalue weighted by atomic mass is 15.3. The van der Waals surface area contributed by atoms with Crippen molar-refractivity contribution in [1.82, 2.24) is 9.97 Å². The van der Waals surface area contributed by atoms with E-state index in [1.165, 1.54) is 12.8 Å². The first-order chi connectivity index (χ1) is 8.19. The molecule has 4 nitrogen and oxygen atoms in total. The molecule has 0 aliphatic carbocycles. The summed E-state index contributed by atoms with van der Waals surface area (Å²) >= 11 is 0. The van der Waals surface area contributed by atoms with Gasteiger partial charge in [0.25, 0.3) is 0 Å². The Kier molecular flexibility index (Phi) is 3.94. The van der Waals surface area contributed by atoms with Gasteiger partial charge in [0.2, 0.25) is 5.95 Å². The standard InChI is InChI=1S/C13H22N4/c1-10-9-11(2)16-13(15-10)17-7-4-12(3-6-14)5-8-17/h9,12H,3-8,14H2,1-2H3. The molecule has 94 valence electrons. The SMILES string of the molecule is Cc1cc(C)nc(N2CCC(CCN)CC2)n1. The molecule has 1 aliphatic heterocycles. The summed E-state index contributed by atoms with van der Waals surface area (Å²) < 4.78 is 0. The molecular weight excluding hydrogens is 212 g/mol. The molecule has 0 unspecified atom stereocenters. The predicted molar refractivity (Wildman–Crippen MR) is 70.1 cm³/mol. The largest absolute Gasteiger partial charge is 0.341 e. The summed E-state index contributed by atoms with van der Waals surface area (Å²) in [5, 5.41) is 0. The van der Waals surface area contributed by atoms with Gasteiger partial charge in [-0.2, -0.15) is 0 Å². The normalized spacial score (nSPS) is 17.5. The fourth-order valence-corrected chi connectivity index (χ4v) is 2.51. The van der Waals surface area contributed by atoms with Crippen molar-refractivity contribution in [1.29, 1.82) is 0 Å². The summed E-state index contributed by atoms with van der Waals surface area (Å²) in [4.78, 5) is 11.3. The Labute approximate surface area is 103 Å². The van der Waals surface area contributed by atoms with Crippen molar-refractivity contribution in [3.05, 3.63) is 17.5 Å². The molecule has 4 heteroatoms. The minimum atomic E-state index is 0.794. The molecule has 0 amide bonds. The van der Waals surface area contributed by atoms with Gasteiger partial charge in [0.1, 0.15) is 0 Å². The maximum absolute atomic E-state index is 5.61. The lowest BCUT2D eigenvalue weighted by molar-refractivity contribution is 0.383. The highest BCUT2D eigenvalue weighted by Crippen LogP contribution is 2.22. The molecule has 2 rings (SSSR count). The van der Waals surface area contributed by atoms with Gasteiger partial charge in [-0.15, -0.1) is 0 Å². The second-order valence-electron chi connectivity index (χ2n) is 4.96. The average Bonchev–Trinajstić information content (AvgIpc) is 2.29. The second kappa shape index (κ2) is 5.45. The van der Waals surface area contributed by atoms with Gasteiger partial charge >= 0.3 is 0 Å². The second-order valence-corrected chi connectivity index (χ2v) is 4.96. The van der Waals surface area contributed by atoms with Crippen LogP contribution in [-0.4, -0.2) is 29.6 Å². The van der Waals surface area contributed by atoms with Crippen molar-refractivity contribution in [3.8, 4) is 0 Å². The summed E-state index contributed by atoms with van der Waals surface area (Å²) in [5.74, 6) is 1.69. The van der Waals surface area contributed by atoms with Crippen LogP contribution < -0.4 is 10.6 Å². The highest BCUT2D eigenvalue weighted by Gasteiger charge is 2.20. The lowest BCUT2D eigenvalue weighted by Crippen LogP contribution is -2.35. The van der Waals surface area contributed by atoms with E-state index in [4.69, 9.17) is 5.73 Å². The van der Waals surface area contributed by atoms with Crippen LogP contribution in [0, 0.1) is 19.8 Å². The minimum Gasteiger partial charge on any atom is -0.341 e. The zero-order chi connectivity index (χ0) is 12.3. The molecule has 2 heterocycles. The van der Waals surface area contributed by atoms with Crippen molar-refractivity contribution >= 4 is 5.95 Å². The molecular formula is C13H22N4. The molecule has 0 aromatic carbocycles.